The number of nitrogens with zero attached hydrogens (tertiary/aromatic N) is 1. The van der Waals surface area contributed by atoms with Gasteiger partial charge in [0.05, 0.1) is 4.47 Å². The number of benzene rings is 1. The molecule has 94 valence electrons. The van der Waals surface area contributed by atoms with Crippen molar-refractivity contribution >= 4 is 27.7 Å². The van der Waals surface area contributed by atoms with Gasteiger partial charge in [0.2, 0.25) is 0 Å². The summed E-state index contributed by atoms with van der Waals surface area (Å²) >= 11 is 3.05. The zero-order chi connectivity index (χ0) is 13.2. The summed E-state index contributed by atoms with van der Waals surface area (Å²) in [5.74, 6) is -0.419. The van der Waals surface area contributed by atoms with E-state index in [-0.39, 0.29) is 0 Å². The average Bonchev–Trinajstić information content (AvgIpc) is 2.18. The van der Waals surface area contributed by atoms with Crippen molar-refractivity contribution in [2.75, 3.05) is 11.9 Å². The first-order valence-electron chi connectivity index (χ1n) is 5.12. The van der Waals surface area contributed by atoms with Crippen LogP contribution in [0, 0.1) is 5.82 Å². The van der Waals surface area contributed by atoms with Crippen LogP contribution in [0.3, 0.4) is 0 Å². The van der Waals surface area contributed by atoms with Crippen LogP contribution < -0.4 is 4.90 Å². The Labute approximate surface area is 109 Å². The van der Waals surface area contributed by atoms with E-state index >= 15 is 0 Å². The summed E-state index contributed by atoms with van der Waals surface area (Å²) in [6.07, 6.45) is -0.515. The Morgan fingerprint density at radius 3 is 2.47 bits per heavy atom. The number of anilines is 1. The summed E-state index contributed by atoms with van der Waals surface area (Å²) in [4.78, 5) is 13.0. The van der Waals surface area contributed by atoms with E-state index in [0.717, 1.165) is 0 Å². The number of carbonyl (C=O) groups excluding carboxylic acids is 1. The Morgan fingerprint density at radius 1 is 1.41 bits per heavy atom. The van der Waals surface area contributed by atoms with Crippen LogP contribution in [0.4, 0.5) is 14.9 Å². The molecule has 3 nitrogen and oxygen atoms in total. The summed E-state index contributed by atoms with van der Waals surface area (Å²) in [6, 6.07) is 4.45. The second-order valence-electron chi connectivity index (χ2n) is 4.64. The van der Waals surface area contributed by atoms with Crippen molar-refractivity contribution in [3.63, 3.8) is 0 Å². The van der Waals surface area contributed by atoms with Gasteiger partial charge in [-0.3, -0.25) is 4.90 Å². The quantitative estimate of drug-likeness (QED) is 0.786. The van der Waals surface area contributed by atoms with Gasteiger partial charge in [0, 0.05) is 12.7 Å². The molecule has 17 heavy (non-hydrogen) atoms. The normalized spacial score (nSPS) is 11.2. The van der Waals surface area contributed by atoms with Gasteiger partial charge in [-0.25, -0.2) is 9.18 Å². The van der Waals surface area contributed by atoms with Gasteiger partial charge in [-0.2, -0.15) is 0 Å². The van der Waals surface area contributed by atoms with Crippen molar-refractivity contribution in [2.24, 2.45) is 0 Å². The lowest BCUT2D eigenvalue weighted by molar-refractivity contribution is 0.0589. The van der Waals surface area contributed by atoms with Gasteiger partial charge < -0.3 is 4.74 Å². The highest BCUT2D eigenvalue weighted by molar-refractivity contribution is 9.10. The molecule has 1 aromatic carbocycles. The maximum atomic E-state index is 13.3. The molecule has 0 radical (unpaired) electrons. The molecule has 0 saturated heterocycles. The second kappa shape index (κ2) is 5.04. The molecule has 0 aliphatic carbocycles. The molecule has 5 heteroatoms. The van der Waals surface area contributed by atoms with Crippen molar-refractivity contribution in [1.82, 2.24) is 0 Å². The van der Waals surface area contributed by atoms with Crippen molar-refractivity contribution in [1.29, 1.82) is 0 Å². The first kappa shape index (κ1) is 14.0. The minimum Gasteiger partial charge on any atom is -0.443 e. The Kier molecular flexibility index (Phi) is 4.14. The zero-order valence-corrected chi connectivity index (χ0v) is 11.8. The number of rotatable bonds is 1. The SMILES string of the molecule is CN(C(=O)OC(C)(C)C)c1ccc(Br)c(F)c1. The van der Waals surface area contributed by atoms with Crippen molar-refractivity contribution in [3.8, 4) is 0 Å². The third-order valence-corrected chi connectivity index (χ3v) is 2.60. The van der Waals surface area contributed by atoms with Crippen LogP contribution >= 0.6 is 15.9 Å². The van der Waals surface area contributed by atoms with E-state index < -0.39 is 17.5 Å². The highest BCUT2D eigenvalue weighted by atomic mass is 79.9. The van der Waals surface area contributed by atoms with Crippen LogP contribution in [-0.4, -0.2) is 18.7 Å². The molecular weight excluding hydrogens is 289 g/mol. The predicted octanol–water partition coefficient (Wildman–Crippen LogP) is 3.96. The molecule has 0 bridgehead atoms. The van der Waals surface area contributed by atoms with Crippen LogP contribution in [0.1, 0.15) is 20.8 Å². The molecule has 1 rings (SSSR count). The summed E-state index contributed by atoms with van der Waals surface area (Å²) in [5.41, 5.74) is -0.126. The third-order valence-electron chi connectivity index (χ3n) is 1.96. The third kappa shape index (κ3) is 4.00. The van der Waals surface area contributed by atoms with Crippen LogP contribution in [0.5, 0.6) is 0 Å². The molecule has 0 saturated carbocycles. The fraction of sp³-hybridized carbons (Fsp3) is 0.417. The summed E-state index contributed by atoms with van der Waals surface area (Å²) in [7, 11) is 1.54. The molecule has 0 fully saturated rings. The monoisotopic (exact) mass is 303 g/mol. The Bertz CT molecular complexity index is 429. The number of hydrogen-bond donors (Lipinski definition) is 0. The van der Waals surface area contributed by atoms with Crippen molar-refractivity contribution in [3.05, 3.63) is 28.5 Å². The lowest BCUT2D eigenvalue weighted by Crippen LogP contribution is -2.34. The van der Waals surface area contributed by atoms with E-state index in [9.17, 15) is 9.18 Å². The molecule has 1 aromatic rings. The number of hydrogen-bond acceptors (Lipinski definition) is 2. The summed E-state index contributed by atoms with van der Waals surface area (Å²) in [5, 5.41) is 0. The molecule has 1 amide bonds. The fourth-order valence-electron chi connectivity index (χ4n) is 1.13. The maximum Gasteiger partial charge on any atom is 0.414 e. The number of carbonyl (C=O) groups is 1. The molecule has 0 unspecified atom stereocenters. The molecule has 0 spiro atoms. The Morgan fingerprint density at radius 2 is 2.00 bits per heavy atom. The van der Waals surface area contributed by atoms with Gasteiger partial charge in [0.25, 0.3) is 0 Å². The van der Waals surface area contributed by atoms with E-state index in [1.54, 1.807) is 32.9 Å². The highest BCUT2D eigenvalue weighted by Crippen LogP contribution is 2.22. The standard InChI is InChI=1S/C12H15BrFNO2/c1-12(2,3)17-11(16)15(4)8-5-6-9(13)10(14)7-8/h5-7H,1-4H3. The highest BCUT2D eigenvalue weighted by Gasteiger charge is 2.20. The van der Waals surface area contributed by atoms with Crippen molar-refractivity contribution in [2.45, 2.75) is 26.4 Å². The lowest BCUT2D eigenvalue weighted by atomic mass is 10.2. The topological polar surface area (TPSA) is 29.5 Å². The van der Waals surface area contributed by atoms with Gasteiger partial charge in [-0.1, -0.05) is 0 Å². The summed E-state index contributed by atoms with van der Waals surface area (Å²) in [6.45, 7) is 5.34. The van der Waals surface area contributed by atoms with Crippen LogP contribution in [0.25, 0.3) is 0 Å². The van der Waals surface area contributed by atoms with Gasteiger partial charge in [-0.05, 0) is 54.9 Å². The van der Waals surface area contributed by atoms with Gasteiger partial charge in [-0.15, -0.1) is 0 Å². The smallest absolute Gasteiger partial charge is 0.414 e. The number of ether oxygens (including phenoxy) is 1. The van der Waals surface area contributed by atoms with Crippen LogP contribution in [0.2, 0.25) is 0 Å². The van der Waals surface area contributed by atoms with Crippen LogP contribution in [-0.2, 0) is 4.74 Å². The largest absolute Gasteiger partial charge is 0.443 e. The molecular formula is C12H15BrFNO2. The Balaban J connectivity index is 2.85. The number of amides is 1. The molecule has 0 aliphatic heterocycles. The van der Waals surface area contributed by atoms with Crippen molar-refractivity contribution < 1.29 is 13.9 Å². The molecule has 0 aromatic heterocycles. The zero-order valence-electron chi connectivity index (χ0n) is 10.3. The minimum absolute atomic E-state index is 0.360. The molecule has 0 aliphatic rings. The van der Waals surface area contributed by atoms with E-state index in [1.807, 2.05) is 0 Å². The molecule has 0 atom stereocenters. The summed E-state index contributed by atoms with van der Waals surface area (Å²) < 4.78 is 18.9. The number of halogens is 2. The van der Waals surface area contributed by atoms with E-state index in [1.165, 1.54) is 18.0 Å². The predicted molar refractivity (Wildman–Crippen MR) is 68.7 cm³/mol. The Hall–Kier alpha value is -1.10. The van der Waals surface area contributed by atoms with Gasteiger partial charge >= 0.3 is 6.09 Å². The van der Waals surface area contributed by atoms with E-state index in [4.69, 9.17) is 4.74 Å². The minimum atomic E-state index is -0.570. The molecule has 0 heterocycles. The van der Waals surface area contributed by atoms with E-state index in [2.05, 4.69) is 15.9 Å². The lowest BCUT2D eigenvalue weighted by Gasteiger charge is -2.24. The van der Waals surface area contributed by atoms with E-state index in [0.29, 0.717) is 10.2 Å². The van der Waals surface area contributed by atoms with Gasteiger partial charge in [0.1, 0.15) is 11.4 Å². The fourth-order valence-corrected chi connectivity index (χ4v) is 1.38. The maximum absolute atomic E-state index is 13.3. The first-order chi connectivity index (χ1) is 7.70. The first-order valence-corrected chi connectivity index (χ1v) is 5.92. The van der Waals surface area contributed by atoms with Gasteiger partial charge in [0.15, 0.2) is 0 Å². The average molecular weight is 304 g/mol. The molecule has 0 N–H and O–H groups in total. The van der Waals surface area contributed by atoms with Crippen LogP contribution in [0.15, 0.2) is 22.7 Å². The second-order valence-corrected chi connectivity index (χ2v) is 5.49.